The molecule has 0 aliphatic carbocycles. The van der Waals surface area contributed by atoms with Crippen molar-refractivity contribution in [3.63, 3.8) is 0 Å². The molecule has 1 rings (SSSR count). The molecule has 0 radical (unpaired) electrons. The van der Waals surface area contributed by atoms with Gasteiger partial charge in [0.2, 0.25) is 5.75 Å². The van der Waals surface area contributed by atoms with Crippen molar-refractivity contribution in [1.29, 1.82) is 0 Å². The first-order valence-corrected chi connectivity index (χ1v) is 6.09. The molecule has 0 saturated heterocycles. The lowest BCUT2D eigenvalue weighted by Crippen LogP contribution is -2.31. The summed E-state index contributed by atoms with van der Waals surface area (Å²) >= 11 is 0. The second-order valence-electron chi connectivity index (χ2n) is 3.91. The summed E-state index contributed by atoms with van der Waals surface area (Å²) in [7, 11) is 4.75. The number of aromatic nitrogens is 2. The van der Waals surface area contributed by atoms with Crippen LogP contribution in [0.2, 0.25) is 0 Å². The fourth-order valence-corrected chi connectivity index (χ4v) is 1.71. The Morgan fingerprint density at radius 3 is 2.58 bits per heavy atom. The van der Waals surface area contributed by atoms with Gasteiger partial charge in [-0.2, -0.15) is 0 Å². The molecule has 1 aromatic heterocycles. The monoisotopic (exact) mass is 271 g/mol. The smallest absolute Gasteiger partial charge is 0.295 e. The molecule has 0 fully saturated rings. The number of hydrogen-bond donors (Lipinski definition) is 1. The van der Waals surface area contributed by atoms with Gasteiger partial charge < -0.3 is 24.1 Å². The number of nitrogens with zero attached hydrogens (tertiary/aromatic N) is 2. The van der Waals surface area contributed by atoms with E-state index in [9.17, 15) is 4.79 Å². The minimum atomic E-state index is -0.290. The molecule has 1 heterocycles. The Labute approximate surface area is 112 Å². The van der Waals surface area contributed by atoms with E-state index in [1.807, 2.05) is 4.90 Å². The van der Waals surface area contributed by atoms with Gasteiger partial charge in [-0.15, -0.1) is 0 Å². The predicted octanol–water partition coefficient (Wildman–Crippen LogP) is 0.268. The summed E-state index contributed by atoms with van der Waals surface area (Å²) in [6, 6.07) is 0. The van der Waals surface area contributed by atoms with Crippen LogP contribution in [0.4, 0.5) is 5.82 Å². The molecule has 19 heavy (non-hydrogen) atoms. The molecular weight excluding hydrogens is 250 g/mol. The molecule has 0 bridgehead atoms. The highest BCUT2D eigenvalue weighted by Crippen LogP contribution is 2.20. The average Bonchev–Trinajstić information content (AvgIpc) is 2.42. The van der Waals surface area contributed by atoms with Crippen LogP contribution in [0, 0.1) is 0 Å². The Bertz CT molecular complexity index is 422. The van der Waals surface area contributed by atoms with Crippen LogP contribution in [0.3, 0.4) is 0 Å². The Hall–Kier alpha value is -1.60. The summed E-state index contributed by atoms with van der Waals surface area (Å²) in [5.74, 6) is 0.746. The summed E-state index contributed by atoms with van der Waals surface area (Å²) in [6.07, 6.45) is 2.20. The van der Waals surface area contributed by atoms with Gasteiger partial charge in [0.05, 0.1) is 20.0 Å². The molecule has 108 valence electrons. The normalized spacial score (nSPS) is 10.5. The van der Waals surface area contributed by atoms with E-state index in [0.29, 0.717) is 32.1 Å². The number of aromatic amines is 1. The summed E-state index contributed by atoms with van der Waals surface area (Å²) in [5.41, 5.74) is -0.290. The van der Waals surface area contributed by atoms with Crippen molar-refractivity contribution >= 4 is 5.82 Å². The summed E-state index contributed by atoms with van der Waals surface area (Å²) in [4.78, 5) is 20.3. The van der Waals surface area contributed by atoms with Crippen LogP contribution in [-0.2, 0) is 9.47 Å². The van der Waals surface area contributed by atoms with Crippen LogP contribution in [0.15, 0.2) is 11.1 Å². The van der Waals surface area contributed by atoms with E-state index in [2.05, 4.69) is 9.97 Å². The van der Waals surface area contributed by atoms with Crippen LogP contribution in [0.25, 0.3) is 0 Å². The Morgan fingerprint density at radius 2 is 1.95 bits per heavy atom. The van der Waals surface area contributed by atoms with Crippen LogP contribution in [-0.4, -0.2) is 57.6 Å². The van der Waals surface area contributed by atoms with Gasteiger partial charge >= 0.3 is 0 Å². The minimum Gasteiger partial charge on any atom is -0.489 e. The molecular formula is C12H21N3O4. The fourth-order valence-electron chi connectivity index (χ4n) is 1.71. The zero-order valence-corrected chi connectivity index (χ0v) is 11.6. The van der Waals surface area contributed by atoms with Crippen molar-refractivity contribution in [2.75, 3.05) is 52.5 Å². The number of nitrogens with one attached hydrogen (secondary N) is 1. The number of ether oxygens (including phenoxy) is 3. The SMILES string of the molecule is COCCCN(CCOC)c1nc[nH]c(=O)c1OC. The van der Waals surface area contributed by atoms with Gasteiger partial charge in [0.15, 0.2) is 5.82 Å². The van der Waals surface area contributed by atoms with Crippen LogP contribution < -0.4 is 15.2 Å². The van der Waals surface area contributed by atoms with Crippen LogP contribution >= 0.6 is 0 Å². The van der Waals surface area contributed by atoms with E-state index in [1.165, 1.54) is 13.4 Å². The lowest BCUT2D eigenvalue weighted by Gasteiger charge is -2.24. The van der Waals surface area contributed by atoms with Gasteiger partial charge in [-0.05, 0) is 6.42 Å². The molecule has 0 spiro atoms. The van der Waals surface area contributed by atoms with Crippen molar-refractivity contribution in [3.8, 4) is 5.75 Å². The molecule has 1 N–H and O–H groups in total. The first kappa shape index (κ1) is 15.5. The second-order valence-corrected chi connectivity index (χ2v) is 3.91. The van der Waals surface area contributed by atoms with Crippen molar-refractivity contribution in [1.82, 2.24) is 9.97 Å². The maximum absolute atomic E-state index is 11.7. The van der Waals surface area contributed by atoms with E-state index < -0.39 is 0 Å². The molecule has 0 aromatic carbocycles. The van der Waals surface area contributed by atoms with Gasteiger partial charge in [0.1, 0.15) is 0 Å². The average molecular weight is 271 g/mol. The van der Waals surface area contributed by atoms with Crippen molar-refractivity contribution in [2.24, 2.45) is 0 Å². The van der Waals surface area contributed by atoms with Crippen molar-refractivity contribution in [3.05, 3.63) is 16.7 Å². The Kier molecular flexibility index (Phi) is 6.91. The van der Waals surface area contributed by atoms with Gasteiger partial charge in [-0.25, -0.2) is 4.98 Å². The number of H-pyrrole nitrogens is 1. The fraction of sp³-hybridized carbons (Fsp3) is 0.667. The van der Waals surface area contributed by atoms with Crippen molar-refractivity contribution in [2.45, 2.75) is 6.42 Å². The molecule has 0 aliphatic rings. The van der Waals surface area contributed by atoms with E-state index in [0.717, 1.165) is 6.42 Å². The van der Waals surface area contributed by atoms with E-state index in [1.54, 1.807) is 14.2 Å². The number of anilines is 1. The Balaban J connectivity index is 2.89. The first-order valence-electron chi connectivity index (χ1n) is 6.09. The van der Waals surface area contributed by atoms with Crippen molar-refractivity contribution < 1.29 is 14.2 Å². The molecule has 0 amide bonds. The number of rotatable bonds is 9. The largest absolute Gasteiger partial charge is 0.489 e. The highest BCUT2D eigenvalue weighted by atomic mass is 16.5. The highest BCUT2D eigenvalue weighted by Gasteiger charge is 2.16. The maximum atomic E-state index is 11.7. The van der Waals surface area contributed by atoms with Gasteiger partial charge in [-0.1, -0.05) is 0 Å². The van der Waals surface area contributed by atoms with Crippen LogP contribution in [0.1, 0.15) is 6.42 Å². The standard InChI is InChI=1S/C12H21N3O4/c1-17-7-4-5-15(6-8-18-2)11-10(19-3)12(16)14-9-13-11/h9H,4-8H2,1-3H3,(H,13,14,16). The summed E-state index contributed by atoms with van der Waals surface area (Å²) in [5, 5.41) is 0. The lowest BCUT2D eigenvalue weighted by atomic mass is 10.3. The second kappa shape index (κ2) is 8.49. The molecule has 0 saturated carbocycles. The third-order valence-corrected chi connectivity index (χ3v) is 2.64. The summed E-state index contributed by atoms with van der Waals surface area (Å²) in [6.45, 7) is 2.54. The molecule has 7 heteroatoms. The highest BCUT2D eigenvalue weighted by molar-refractivity contribution is 5.50. The minimum absolute atomic E-state index is 0.219. The third kappa shape index (κ3) is 4.53. The van der Waals surface area contributed by atoms with Gasteiger partial charge in [0, 0.05) is 33.9 Å². The zero-order valence-electron chi connectivity index (χ0n) is 11.6. The zero-order chi connectivity index (χ0) is 14.1. The maximum Gasteiger partial charge on any atom is 0.295 e. The quantitative estimate of drug-likeness (QED) is 0.650. The molecule has 1 aromatic rings. The van der Waals surface area contributed by atoms with Gasteiger partial charge in [0.25, 0.3) is 5.56 Å². The summed E-state index contributed by atoms with van der Waals surface area (Å²) < 4.78 is 15.2. The topological polar surface area (TPSA) is 76.7 Å². The van der Waals surface area contributed by atoms with Crippen LogP contribution in [0.5, 0.6) is 5.75 Å². The third-order valence-electron chi connectivity index (χ3n) is 2.64. The van der Waals surface area contributed by atoms with Gasteiger partial charge in [-0.3, -0.25) is 4.79 Å². The van der Waals surface area contributed by atoms with E-state index in [-0.39, 0.29) is 11.3 Å². The molecule has 0 unspecified atom stereocenters. The molecule has 0 aliphatic heterocycles. The first-order chi connectivity index (χ1) is 9.24. The predicted molar refractivity (Wildman–Crippen MR) is 72.0 cm³/mol. The Morgan fingerprint density at radius 1 is 1.21 bits per heavy atom. The lowest BCUT2D eigenvalue weighted by molar-refractivity contribution is 0.190. The number of methoxy groups -OCH3 is 3. The van der Waals surface area contributed by atoms with E-state index >= 15 is 0 Å². The van der Waals surface area contributed by atoms with E-state index in [4.69, 9.17) is 14.2 Å². The number of hydrogen-bond acceptors (Lipinski definition) is 6. The molecule has 7 nitrogen and oxygen atoms in total. The molecule has 0 atom stereocenters.